The molecule has 0 spiro atoms. The van der Waals surface area contributed by atoms with E-state index in [0.29, 0.717) is 11.3 Å². The molecule has 0 aliphatic carbocycles. The molecule has 23 heavy (non-hydrogen) atoms. The number of carbonyl (C=O) groups is 1. The molecule has 1 N–H and O–H groups in total. The Morgan fingerprint density at radius 3 is 2.22 bits per heavy atom. The molecular formula is C17H20N2O3S. The Bertz CT molecular complexity index is 827. The van der Waals surface area contributed by atoms with Gasteiger partial charge >= 0.3 is 0 Å². The first kappa shape index (κ1) is 17.0. The number of anilines is 2. The van der Waals surface area contributed by atoms with Crippen molar-refractivity contribution in [1.29, 1.82) is 0 Å². The highest BCUT2D eigenvalue weighted by atomic mass is 32.2. The molecule has 0 aliphatic heterocycles. The summed E-state index contributed by atoms with van der Waals surface area (Å²) in [7, 11) is -1.84. The lowest BCUT2D eigenvalue weighted by Gasteiger charge is -2.17. The van der Waals surface area contributed by atoms with Crippen molar-refractivity contribution < 1.29 is 13.2 Å². The second-order valence-corrected chi connectivity index (χ2v) is 7.49. The summed E-state index contributed by atoms with van der Waals surface area (Å²) in [6.07, 6.45) is 1.13. The van der Waals surface area contributed by atoms with Gasteiger partial charge in [-0.15, -0.1) is 0 Å². The van der Waals surface area contributed by atoms with Crippen LogP contribution >= 0.6 is 0 Å². The molecule has 0 radical (unpaired) electrons. The third-order valence-corrected chi connectivity index (χ3v) is 5.05. The van der Waals surface area contributed by atoms with E-state index in [2.05, 4.69) is 5.32 Å². The number of sulfonamides is 1. The summed E-state index contributed by atoms with van der Waals surface area (Å²) in [5.41, 5.74) is 3.88. The van der Waals surface area contributed by atoms with Gasteiger partial charge in [0.15, 0.2) is 0 Å². The maximum Gasteiger partial charge on any atom is 0.255 e. The van der Waals surface area contributed by atoms with Crippen LogP contribution in [0.1, 0.15) is 21.5 Å². The second-order valence-electron chi connectivity index (χ2n) is 5.48. The molecular weight excluding hydrogens is 312 g/mol. The molecule has 122 valence electrons. The van der Waals surface area contributed by atoms with Gasteiger partial charge in [-0.3, -0.25) is 9.10 Å². The largest absolute Gasteiger partial charge is 0.322 e. The number of benzene rings is 2. The first-order valence-corrected chi connectivity index (χ1v) is 8.96. The van der Waals surface area contributed by atoms with Crippen molar-refractivity contribution in [2.45, 2.75) is 13.8 Å². The van der Waals surface area contributed by atoms with Crippen LogP contribution in [0.2, 0.25) is 0 Å². The lowest BCUT2D eigenvalue weighted by atomic mass is 10.1. The van der Waals surface area contributed by atoms with Crippen LogP contribution < -0.4 is 9.62 Å². The van der Waals surface area contributed by atoms with Gasteiger partial charge < -0.3 is 5.32 Å². The van der Waals surface area contributed by atoms with Crippen LogP contribution in [0, 0.1) is 13.8 Å². The summed E-state index contributed by atoms with van der Waals surface area (Å²) in [6, 6.07) is 12.2. The molecule has 0 fully saturated rings. The average molecular weight is 332 g/mol. The average Bonchev–Trinajstić information content (AvgIpc) is 2.50. The van der Waals surface area contributed by atoms with Crippen molar-refractivity contribution in [3.05, 3.63) is 59.2 Å². The molecule has 0 saturated carbocycles. The minimum Gasteiger partial charge on any atom is -0.322 e. The predicted octanol–water partition coefficient (Wildman–Crippen LogP) is 2.95. The van der Waals surface area contributed by atoms with E-state index in [1.165, 1.54) is 11.4 Å². The number of hydrogen-bond acceptors (Lipinski definition) is 3. The quantitative estimate of drug-likeness (QED) is 0.936. The van der Waals surface area contributed by atoms with E-state index in [9.17, 15) is 13.2 Å². The van der Waals surface area contributed by atoms with Crippen molar-refractivity contribution >= 4 is 27.3 Å². The van der Waals surface area contributed by atoms with Gasteiger partial charge in [-0.25, -0.2) is 8.42 Å². The molecule has 0 aliphatic rings. The zero-order valence-corrected chi connectivity index (χ0v) is 14.4. The van der Waals surface area contributed by atoms with E-state index in [1.807, 2.05) is 32.0 Å². The Hall–Kier alpha value is -2.34. The van der Waals surface area contributed by atoms with Gasteiger partial charge in [0, 0.05) is 18.3 Å². The molecule has 2 aromatic rings. The highest BCUT2D eigenvalue weighted by Crippen LogP contribution is 2.20. The number of amides is 1. The molecule has 0 atom stereocenters. The van der Waals surface area contributed by atoms with E-state index < -0.39 is 10.0 Å². The molecule has 6 heteroatoms. The maximum atomic E-state index is 12.3. The zero-order valence-electron chi connectivity index (χ0n) is 13.6. The van der Waals surface area contributed by atoms with Gasteiger partial charge in [0.1, 0.15) is 0 Å². The Labute approximate surface area is 137 Å². The van der Waals surface area contributed by atoms with E-state index >= 15 is 0 Å². The van der Waals surface area contributed by atoms with Crippen molar-refractivity contribution in [3.63, 3.8) is 0 Å². The number of hydrogen-bond donors (Lipinski definition) is 1. The molecule has 0 unspecified atom stereocenters. The molecule has 2 aromatic carbocycles. The van der Waals surface area contributed by atoms with Crippen LogP contribution in [0.4, 0.5) is 11.4 Å². The van der Waals surface area contributed by atoms with Crippen LogP contribution in [-0.2, 0) is 10.0 Å². The van der Waals surface area contributed by atoms with Gasteiger partial charge in [0.2, 0.25) is 10.0 Å². The van der Waals surface area contributed by atoms with Crippen LogP contribution in [0.5, 0.6) is 0 Å². The normalized spacial score (nSPS) is 11.1. The smallest absolute Gasteiger partial charge is 0.255 e. The molecule has 5 nitrogen and oxygen atoms in total. The maximum absolute atomic E-state index is 12.3. The first-order chi connectivity index (χ1) is 10.7. The van der Waals surface area contributed by atoms with Gasteiger partial charge in [-0.1, -0.05) is 12.1 Å². The van der Waals surface area contributed by atoms with Gasteiger partial charge in [-0.2, -0.15) is 0 Å². The van der Waals surface area contributed by atoms with E-state index in [-0.39, 0.29) is 5.91 Å². The molecule has 1 amide bonds. The van der Waals surface area contributed by atoms with Crippen molar-refractivity contribution in [3.8, 4) is 0 Å². The molecule has 0 heterocycles. The highest BCUT2D eigenvalue weighted by Gasteiger charge is 2.13. The second kappa shape index (κ2) is 6.42. The summed E-state index contributed by atoms with van der Waals surface area (Å²) in [6.45, 7) is 3.94. The lowest BCUT2D eigenvalue weighted by molar-refractivity contribution is 0.102. The van der Waals surface area contributed by atoms with E-state index in [0.717, 1.165) is 23.1 Å². The Morgan fingerprint density at radius 2 is 1.65 bits per heavy atom. The van der Waals surface area contributed by atoms with Gasteiger partial charge in [0.05, 0.1) is 11.9 Å². The summed E-state index contributed by atoms with van der Waals surface area (Å²) in [5.74, 6) is -0.229. The van der Waals surface area contributed by atoms with Crippen LogP contribution in [-0.4, -0.2) is 27.6 Å². The fraction of sp³-hybridized carbons (Fsp3) is 0.235. The number of carbonyl (C=O) groups excluding carboxylic acids is 1. The molecule has 2 rings (SSSR count). The van der Waals surface area contributed by atoms with Gasteiger partial charge in [0.25, 0.3) is 5.91 Å². The SMILES string of the molecule is Cc1cccc(NC(=O)c2ccc(N(C)S(C)(=O)=O)cc2)c1C. The highest BCUT2D eigenvalue weighted by molar-refractivity contribution is 7.92. The third-order valence-electron chi connectivity index (χ3n) is 3.84. The van der Waals surface area contributed by atoms with Crippen LogP contribution in [0.25, 0.3) is 0 Å². The topological polar surface area (TPSA) is 66.5 Å². The predicted molar refractivity (Wildman–Crippen MR) is 93.6 cm³/mol. The minimum absolute atomic E-state index is 0.229. The van der Waals surface area contributed by atoms with Crippen molar-refractivity contribution in [2.75, 3.05) is 22.9 Å². The monoisotopic (exact) mass is 332 g/mol. The number of nitrogens with zero attached hydrogens (tertiary/aromatic N) is 1. The van der Waals surface area contributed by atoms with E-state index in [4.69, 9.17) is 0 Å². The third kappa shape index (κ3) is 3.90. The molecule has 0 saturated heterocycles. The first-order valence-electron chi connectivity index (χ1n) is 7.11. The lowest BCUT2D eigenvalue weighted by Crippen LogP contribution is -2.24. The summed E-state index contributed by atoms with van der Waals surface area (Å²) in [5, 5.41) is 2.88. The van der Waals surface area contributed by atoms with Crippen LogP contribution in [0.3, 0.4) is 0 Å². The Morgan fingerprint density at radius 1 is 1.04 bits per heavy atom. The fourth-order valence-corrected chi connectivity index (χ4v) is 2.60. The minimum atomic E-state index is -3.32. The molecule has 0 aromatic heterocycles. The Kier molecular flexibility index (Phi) is 4.75. The Balaban J connectivity index is 2.19. The zero-order chi connectivity index (χ0) is 17.2. The summed E-state index contributed by atoms with van der Waals surface area (Å²) >= 11 is 0. The fourth-order valence-electron chi connectivity index (χ4n) is 2.10. The van der Waals surface area contributed by atoms with Crippen molar-refractivity contribution in [1.82, 2.24) is 0 Å². The van der Waals surface area contributed by atoms with Crippen LogP contribution in [0.15, 0.2) is 42.5 Å². The van der Waals surface area contributed by atoms with Gasteiger partial charge in [-0.05, 0) is 55.3 Å². The number of aryl methyl sites for hydroxylation is 1. The summed E-state index contributed by atoms with van der Waals surface area (Å²) in [4.78, 5) is 12.3. The van der Waals surface area contributed by atoms with E-state index in [1.54, 1.807) is 24.3 Å². The number of rotatable bonds is 4. The summed E-state index contributed by atoms with van der Waals surface area (Å²) < 4.78 is 24.2. The van der Waals surface area contributed by atoms with Crippen molar-refractivity contribution in [2.24, 2.45) is 0 Å². The standard InChI is InChI=1S/C17H20N2O3S/c1-12-6-5-7-16(13(12)2)18-17(20)14-8-10-15(11-9-14)19(3)23(4,21)22/h5-11H,1-4H3,(H,18,20). The molecule has 0 bridgehead atoms. The number of nitrogens with one attached hydrogen (secondary N) is 1.